The van der Waals surface area contributed by atoms with Crippen molar-refractivity contribution in [2.24, 2.45) is 0 Å². The summed E-state index contributed by atoms with van der Waals surface area (Å²) in [6, 6.07) is 15.0. The molecule has 2 heteroatoms. The Hall–Kier alpha value is -1.67. The van der Waals surface area contributed by atoms with Gasteiger partial charge in [-0.1, -0.05) is 37.3 Å². The van der Waals surface area contributed by atoms with Gasteiger partial charge in [0.05, 0.1) is 11.7 Å². The van der Waals surface area contributed by atoms with E-state index in [1.165, 1.54) is 11.1 Å². The summed E-state index contributed by atoms with van der Waals surface area (Å²) in [5.74, 6) is 0. The van der Waals surface area contributed by atoms with E-state index in [1.807, 2.05) is 20.0 Å². The van der Waals surface area contributed by atoms with Crippen molar-refractivity contribution in [3.8, 4) is 0 Å². The molecular formula is C16H20N2. The molecule has 0 spiro atoms. The number of hydrogen-bond donors (Lipinski definition) is 1. The van der Waals surface area contributed by atoms with Crippen molar-refractivity contribution in [2.75, 3.05) is 7.05 Å². The Morgan fingerprint density at radius 3 is 2.61 bits per heavy atom. The Labute approximate surface area is 109 Å². The second-order valence-corrected chi connectivity index (χ2v) is 4.52. The number of hydrogen-bond acceptors (Lipinski definition) is 2. The van der Waals surface area contributed by atoms with Gasteiger partial charge in [0.15, 0.2) is 0 Å². The molecule has 2 rings (SSSR count). The Bertz CT molecular complexity index is 520. The van der Waals surface area contributed by atoms with Gasteiger partial charge in [0.1, 0.15) is 0 Å². The van der Waals surface area contributed by atoms with E-state index >= 15 is 0 Å². The molecule has 1 unspecified atom stereocenters. The van der Waals surface area contributed by atoms with E-state index < -0.39 is 0 Å². The highest BCUT2D eigenvalue weighted by Crippen LogP contribution is 2.21. The van der Waals surface area contributed by atoms with Crippen LogP contribution in [0.25, 0.3) is 0 Å². The first-order chi connectivity index (χ1) is 8.74. The third-order valence-corrected chi connectivity index (χ3v) is 3.19. The second kappa shape index (κ2) is 5.78. The summed E-state index contributed by atoms with van der Waals surface area (Å²) in [4.78, 5) is 4.61. The number of benzene rings is 1. The van der Waals surface area contributed by atoms with Crippen molar-refractivity contribution >= 4 is 0 Å². The summed E-state index contributed by atoms with van der Waals surface area (Å²) in [5.41, 5.74) is 4.76. The van der Waals surface area contributed by atoms with Gasteiger partial charge in [-0.3, -0.25) is 4.98 Å². The largest absolute Gasteiger partial charge is 0.308 e. The lowest BCUT2D eigenvalue weighted by Gasteiger charge is -2.17. The van der Waals surface area contributed by atoms with Gasteiger partial charge in [-0.25, -0.2) is 0 Å². The maximum atomic E-state index is 4.61. The van der Waals surface area contributed by atoms with Crippen molar-refractivity contribution in [1.82, 2.24) is 10.3 Å². The van der Waals surface area contributed by atoms with Crippen LogP contribution < -0.4 is 5.32 Å². The van der Waals surface area contributed by atoms with E-state index in [1.54, 1.807) is 0 Å². The summed E-state index contributed by atoms with van der Waals surface area (Å²) in [6.07, 6.45) is 1.06. The topological polar surface area (TPSA) is 24.9 Å². The fourth-order valence-electron chi connectivity index (χ4n) is 2.20. The molecule has 2 nitrogen and oxygen atoms in total. The maximum absolute atomic E-state index is 4.61. The van der Waals surface area contributed by atoms with Crippen LogP contribution in [0.5, 0.6) is 0 Å². The molecule has 1 atom stereocenters. The first-order valence-electron chi connectivity index (χ1n) is 6.44. The summed E-state index contributed by atoms with van der Waals surface area (Å²) >= 11 is 0. The van der Waals surface area contributed by atoms with E-state index in [-0.39, 0.29) is 6.04 Å². The number of nitrogens with zero attached hydrogens (tertiary/aromatic N) is 1. The van der Waals surface area contributed by atoms with Crippen LogP contribution in [0.4, 0.5) is 0 Å². The third kappa shape index (κ3) is 2.77. The first-order valence-corrected chi connectivity index (χ1v) is 6.44. The molecule has 0 amide bonds. The Balaban J connectivity index is 2.38. The maximum Gasteiger partial charge on any atom is 0.0749 e. The zero-order valence-corrected chi connectivity index (χ0v) is 11.3. The number of nitrogens with one attached hydrogen (secondary N) is 1. The molecule has 94 valence electrons. The quantitative estimate of drug-likeness (QED) is 0.887. The Kier molecular flexibility index (Phi) is 4.11. The van der Waals surface area contributed by atoms with Crippen LogP contribution in [0.15, 0.2) is 42.5 Å². The van der Waals surface area contributed by atoms with Crippen LogP contribution in [-0.2, 0) is 6.42 Å². The Morgan fingerprint density at radius 1 is 1.17 bits per heavy atom. The average molecular weight is 240 g/mol. The lowest BCUT2D eigenvalue weighted by Crippen LogP contribution is -2.19. The van der Waals surface area contributed by atoms with Gasteiger partial charge in [0, 0.05) is 5.69 Å². The molecule has 1 aromatic carbocycles. The molecule has 0 saturated carbocycles. The zero-order chi connectivity index (χ0) is 13.0. The smallest absolute Gasteiger partial charge is 0.0749 e. The van der Waals surface area contributed by atoms with Crippen LogP contribution in [0.3, 0.4) is 0 Å². The van der Waals surface area contributed by atoms with Gasteiger partial charge < -0.3 is 5.32 Å². The SMILES string of the molecule is CCc1cccc(C(NC)c2cccc(C)n2)c1. The number of aromatic nitrogens is 1. The van der Waals surface area contributed by atoms with Crippen molar-refractivity contribution in [1.29, 1.82) is 0 Å². The minimum atomic E-state index is 0.163. The van der Waals surface area contributed by atoms with Crippen molar-refractivity contribution < 1.29 is 0 Å². The van der Waals surface area contributed by atoms with Gasteiger partial charge in [0.25, 0.3) is 0 Å². The highest BCUT2D eigenvalue weighted by atomic mass is 14.9. The lowest BCUT2D eigenvalue weighted by atomic mass is 10.00. The molecule has 18 heavy (non-hydrogen) atoms. The van der Waals surface area contributed by atoms with Crippen molar-refractivity contribution in [2.45, 2.75) is 26.3 Å². The van der Waals surface area contributed by atoms with Crippen LogP contribution in [0.1, 0.15) is 35.5 Å². The fourth-order valence-corrected chi connectivity index (χ4v) is 2.20. The molecule has 0 saturated heterocycles. The van der Waals surface area contributed by atoms with E-state index in [4.69, 9.17) is 0 Å². The number of aryl methyl sites for hydroxylation is 2. The second-order valence-electron chi connectivity index (χ2n) is 4.52. The highest BCUT2D eigenvalue weighted by molar-refractivity contribution is 5.32. The molecule has 1 N–H and O–H groups in total. The minimum absolute atomic E-state index is 0.163. The van der Waals surface area contributed by atoms with Crippen LogP contribution in [-0.4, -0.2) is 12.0 Å². The molecular weight excluding hydrogens is 220 g/mol. The van der Waals surface area contributed by atoms with E-state index in [0.717, 1.165) is 17.8 Å². The monoisotopic (exact) mass is 240 g/mol. The van der Waals surface area contributed by atoms with Gasteiger partial charge in [-0.2, -0.15) is 0 Å². The van der Waals surface area contributed by atoms with Crippen molar-refractivity contribution in [3.63, 3.8) is 0 Å². The molecule has 0 fully saturated rings. The summed E-state index contributed by atoms with van der Waals surface area (Å²) in [6.45, 7) is 4.21. The molecule has 1 aromatic heterocycles. The predicted molar refractivity (Wildman–Crippen MR) is 75.7 cm³/mol. The lowest BCUT2D eigenvalue weighted by molar-refractivity contribution is 0.668. The highest BCUT2D eigenvalue weighted by Gasteiger charge is 2.13. The van der Waals surface area contributed by atoms with E-state index in [2.05, 4.69) is 53.6 Å². The Morgan fingerprint density at radius 2 is 1.94 bits per heavy atom. The average Bonchev–Trinajstić information content (AvgIpc) is 2.40. The van der Waals surface area contributed by atoms with Gasteiger partial charge >= 0.3 is 0 Å². The molecule has 0 aliphatic rings. The predicted octanol–water partition coefficient (Wildman–Crippen LogP) is 3.26. The summed E-state index contributed by atoms with van der Waals surface area (Å²) in [7, 11) is 1.98. The molecule has 0 aliphatic carbocycles. The molecule has 0 aliphatic heterocycles. The standard InChI is InChI=1S/C16H20N2/c1-4-13-8-6-9-14(11-13)16(17-3)15-10-5-7-12(2)18-15/h5-11,16-17H,4H2,1-3H3. The first kappa shape index (κ1) is 12.8. The van der Waals surface area contributed by atoms with Gasteiger partial charge in [0.2, 0.25) is 0 Å². The van der Waals surface area contributed by atoms with E-state index in [9.17, 15) is 0 Å². The molecule has 0 radical (unpaired) electrons. The summed E-state index contributed by atoms with van der Waals surface area (Å²) in [5, 5.41) is 3.35. The summed E-state index contributed by atoms with van der Waals surface area (Å²) < 4.78 is 0. The number of rotatable bonds is 4. The number of pyridine rings is 1. The normalized spacial score (nSPS) is 12.4. The molecule has 0 bridgehead atoms. The molecule has 1 heterocycles. The van der Waals surface area contributed by atoms with Gasteiger partial charge in [-0.15, -0.1) is 0 Å². The van der Waals surface area contributed by atoms with E-state index in [0.29, 0.717) is 0 Å². The minimum Gasteiger partial charge on any atom is -0.308 e. The third-order valence-electron chi connectivity index (χ3n) is 3.19. The van der Waals surface area contributed by atoms with Crippen LogP contribution in [0, 0.1) is 6.92 Å². The van der Waals surface area contributed by atoms with Gasteiger partial charge in [-0.05, 0) is 43.7 Å². The van der Waals surface area contributed by atoms with Crippen molar-refractivity contribution in [3.05, 3.63) is 65.0 Å². The fraction of sp³-hybridized carbons (Fsp3) is 0.312. The van der Waals surface area contributed by atoms with Crippen LogP contribution in [0.2, 0.25) is 0 Å². The van der Waals surface area contributed by atoms with Crippen LogP contribution >= 0.6 is 0 Å². The molecule has 2 aromatic rings. The zero-order valence-electron chi connectivity index (χ0n) is 11.3.